The summed E-state index contributed by atoms with van der Waals surface area (Å²) < 4.78 is 16.9. The fourth-order valence-electron chi connectivity index (χ4n) is 3.49. The van der Waals surface area contributed by atoms with Gasteiger partial charge in [-0.1, -0.05) is 17.8 Å². The molecule has 0 aliphatic heterocycles. The number of thioether (sulfide) groups is 1. The van der Waals surface area contributed by atoms with E-state index >= 15 is 0 Å². The molecule has 0 fully saturated rings. The second-order valence-corrected chi connectivity index (χ2v) is 8.73. The van der Waals surface area contributed by atoms with E-state index in [4.69, 9.17) is 19.2 Å². The molecule has 0 atom stereocenters. The summed E-state index contributed by atoms with van der Waals surface area (Å²) >= 11 is 1.43. The summed E-state index contributed by atoms with van der Waals surface area (Å²) in [5, 5.41) is 0.560. The number of fused-ring (bicyclic) bond motifs is 1. The van der Waals surface area contributed by atoms with Gasteiger partial charge in [0, 0.05) is 30.1 Å². The van der Waals surface area contributed by atoms with Crippen LogP contribution in [0.4, 0.5) is 9.59 Å². The quantitative estimate of drug-likeness (QED) is 0.333. The summed E-state index contributed by atoms with van der Waals surface area (Å²) in [6, 6.07) is 5.52. The molecule has 0 N–H and O–H groups in total. The van der Waals surface area contributed by atoms with E-state index in [2.05, 4.69) is 4.98 Å². The second-order valence-electron chi connectivity index (χ2n) is 7.79. The largest absolute Gasteiger partial charge is 0.508 e. The molecule has 0 radical (unpaired) electrons. The standard InChI is InChI=1S/C24H30N4O5S/c1-7-32-24(30)33-11-10-27(5)23(29)28-20-9-8-15(2)12-18(20)26-22(28)34-14-19-17(4)21(31-6)16(3)13-25-19/h8-9,12-13H,7,10-11,14H2,1-6H3. The summed E-state index contributed by atoms with van der Waals surface area (Å²) in [4.78, 5) is 35.6. The first-order chi connectivity index (χ1) is 16.3. The van der Waals surface area contributed by atoms with Gasteiger partial charge in [0.1, 0.15) is 12.4 Å². The van der Waals surface area contributed by atoms with Crippen LogP contribution in [-0.2, 0) is 15.2 Å². The van der Waals surface area contributed by atoms with E-state index in [9.17, 15) is 9.59 Å². The van der Waals surface area contributed by atoms with Crippen LogP contribution in [-0.4, -0.2) is 65.5 Å². The maximum atomic E-state index is 13.4. The van der Waals surface area contributed by atoms with Gasteiger partial charge in [0.2, 0.25) is 0 Å². The average molecular weight is 487 g/mol. The zero-order valence-electron chi connectivity index (χ0n) is 20.4. The highest BCUT2D eigenvalue weighted by Crippen LogP contribution is 2.31. The Kier molecular flexibility index (Phi) is 8.38. The molecule has 3 rings (SSSR count). The third kappa shape index (κ3) is 5.61. The first kappa shape index (κ1) is 25.4. The van der Waals surface area contributed by atoms with Crippen molar-refractivity contribution in [1.82, 2.24) is 19.4 Å². The third-order valence-corrected chi connectivity index (χ3v) is 6.24. The van der Waals surface area contributed by atoms with Crippen molar-refractivity contribution >= 4 is 35.0 Å². The van der Waals surface area contributed by atoms with Crippen molar-refractivity contribution < 1.29 is 23.8 Å². The van der Waals surface area contributed by atoms with Crippen LogP contribution in [0.2, 0.25) is 0 Å². The van der Waals surface area contributed by atoms with E-state index in [-0.39, 0.29) is 25.8 Å². The van der Waals surface area contributed by atoms with Gasteiger partial charge in [-0.25, -0.2) is 19.1 Å². The lowest BCUT2D eigenvalue weighted by molar-refractivity contribution is 0.0550. The molecule has 1 amide bonds. The molecule has 10 heteroatoms. The summed E-state index contributed by atoms with van der Waals surface area (Å²) in [6.45, 7) is 8.09. The normalized spacial score (nSPS) is 10.9. The number of rotatable bonds is 8. The SMILES string of the molecule is CCOC(=O)OCCN(C)C(=O)n1c(SCc2ncc(C)c(OC)c2C)nc2cc(C)ccc21. The highest BCUT2D eigenvalue weighted by molar-refractivity contribution is 7.98. The first-order valence-corrected chi connectivity index (χ1v) is 11.9. The number of likely N-dealkylation sites (N-methyl/N-ethyl adjacent to an activating group) is 1. The maximum Gasteiger partial charge on any atom is 0.508 e. The molecule has 0 saturated heterocycles. The maximum absolute atomic E-state index is 13.4. The van der Waals surface area contributed by atoms with Crippen LogP contribution in [0.1, 0.15) is 29.3 Å². The van der Waals surface area contributed by atoms with E-state index in [1.807, 2.05) is 39.0 Å². The molecule has 3 aromatic rings. The van der Waals surface area contributed by atoms with E-state index in [1.54, 1.807) is 31.8 Å². The molecule has 0 aliphatic rings. The predicted octanol–water partition coefficient (Wildman–Crippen LogP) is 4.73. The molecule has 1 aromatic carbocycles. The van der Waals surface area contributed by atoms with Gasteiger partial charge < -0.3 is 19.1 Å². The fourth-order valence-corrected chi connectivity index (χ4v) is 4.52. The molecule has 0 saturated carbocycles. The number of hydrogen-bond acceptors (Lipinski definition) is 8. The zero-order chi connectivity index (χ0) is 24.8. The molecule has 0 unspecified atom stereocenters. The minimum atomic E-state index is -0.750. The Bertz CT molecular complexity index is 1190. The minimum absolute atomic E-state index is 0.0293. The molecule has 0 spiro atoms. The number of benzene rings is 1. The smallest absolute Gasteiger partial charge is 0.496 e. The number of aryl methyl sites for hydroxylation is 2. The van der Waals surface area contributed by atoms with Crippen molar-refractivity contribution in [2.45, 2.75) is 38.6 Å². The molecule has 0 aliphatic carbocycles. The van der Waals surface area contributed by atoms with Gasteiger partial charge in [-0.15, -0.1) is 0 Å². The van der Waals surface area contributed by atoms with Gasteiger partial charge in [0.05, 0.1) is 37.0 Å². The summed E-state index contributed by atoms with van der Waals surface area (Å²) in [7, 11) is 3.30. The van der Waals surface area contributed by atoms with Gasteiger partial charge in [0.25, 0.3) is 0 Å². The Labute approximate surface area is 203 Å². The van der Waals surface area contributed by atoms with E-state index < -0.39 is 6.16 Å². The fraction of sp³-hybridized carbons (Fsp3) is 0.417. The van der Waals surface area contributed by atoms with Crippen molar-refractivity contribution in [3.8, 4) is 5.75 Å². The average Bonchev–Trinajstić information content (AvgIpc) is 3.15. The lowest BCUT2D eigenvalue weighted by Crippen LogP contribution is -2.34. The number of hydrogen-bond donors (Lipinski definition) is 0. The van der Waals surface area contributed by atoms with Crippen molar-refractivity contribution in [1.29, 1.82) is 0 Å². The number of amides is 1. The van der Waals surface area contributed by atoms with Gasteiger partial charge in [-0.3, -0.25) is 4.98 Å². The topological polar surface area (TPSA) is 95.8 Å². The molecule has 182 valence electrons. The van der Waals surface area contributed by atoms with Crippen LogP contribution >= 0.6 is 11.8 Å². The number of carbonyl (C=O) groups excluding carboxylic acids is 2. The van der Waals surface area contributed by atoms with Crippen LogP contribution in [0.5, 0.6) is 5.75 Å². The Morgan fingerprint density at radius 3 is 2.65 bits per heavy atom. The number of imidazole rings is 1. The highest BCUT2D eigenvalue weighted by atomic mass is 32.2. The van der Waals surface area contributed by atoms with Crippen molar-refractivity contribution in [2.75, 3.05) is 33.9 Å². The Morgan fingerprint density at radius 1 is 1.18 bits per heavy atom. The van der Waals surface area contributed by atoms with Crippen molar-refractivity contribution in [2.24, 2.45) is 0 Å². The van der Waals surface area contributed by atoms with Gasteiger partial charge in [-0.2, -0.15) is 0 Å². The van der Waals surface area contributed by atoms with Gasteiger partial charge in [0.15, 0.2) is 5.16 Å². The molecule has 2 aromatic heterocycles. The lowest BCUT2D eigenvalue weighted by atomic mass is 10.1. The lowest BCUT2D eigenvalue weighted by Gasteiger charge is -2.19. The number of aromatic nitrogens is 3. The molecule has 0 bridgehead atoms. The monoisotopic (exact) mass is 486 g/mol. The number of carbonyl (C=O) groups is 2. The highest BCUT2D eigenvalue weighted by Gasteiger charge is 2.22. The number of nitrogens with zero attached hydrogens (tertiary/aromatic N) is 4. The first-order valence-electron chi connectivity index (χ1n) is 10.9. The van der Waals surface area contributed by atoms with Crippen LogP contribution in [0, 0.1) is 20.8 Å². The second kappa shape index (κ2) is 11.2. The predicted molar refractivity (Wildman–Crippen MR) is 131 cm³/mol. The van der Waals surface area contributed by atoms with Crippen molar-refractivity contribution in [3.05, 3.63) is 46.8 Å². The van der Waals surface area contributed by atoms with Crippen LogP contribution in [0.3, 0.4) is 0 Å². The van der Waals surface area contributed by atoms with E-state index in [0.29, 0.717) is 16.4 Å². The minimum Gasteiger partial charge on any atom is -0.496 e. The van der Waals surface area contributed by atoms with E-state index in [0.717, 1.165) is 33.7 Å². The summed E-state index contributed by atoms with van der Waals surface area (Å²) in [5.41, 5.74) is 5.30. The van der Waals surface area contributed by atoms with Gasteiger partial charge in [-0.05, 0) is 45.4 Å². The summed E-state index contributed by atoms with van der Waals surface area (Å²) in [5.74, 6) is 1.33. The molecule has 9 nitrogen and oxygen atoms in total. The van der Waals surface area contributed by atoms with Crippen LogP contribution in [0.25, 0.3) is 11.0 Å². The Hall–Kier alpha value is -3.27. The van der Waals surface area contributed by atoms with Crippen LogP contribution in [0.15, 0.2) is 29.6 Å². The molecular formula is C24H30N4O5S. The van der Waals surface area contributed by atoms with Crippen molar-refractivity contribution in [3.63, 3.8) is 0 Å². The molecular weight excluding hydrogens is 456 g/mol. The Balaban J connectivity index is 1.85. The Morgan fingerprint density at radius 2 is 1.94 bits per heavy atom. The van der Waals surface area contributed by atoms with Crippen LogP contribution < -0.4 is 4.74 Å². The summed E-state index contributed by atoms with van der Waals surface area (Å²) in [6.07, 6.45) is 1.04. The molecule has 34 heavy (non-hydrogen) atoms. The number of methoxy groups -OCH3 is 1. The molecule has 2 heterocycles. The zero-order valence-corrected chi connectivity index (χ0v) is 21.2. The number of ether oxygens (including phenoxy) is 3. The third-order valence-electron chi connectivity index (χ3n) is 5.29. The van der Waals surface area contributed by atoms with E-state index in [1.165, 1.54) is 16.7 Å². The number of pyridine rings is 1. The van der Waals surface area contributed by atoms with Gasteiger partial charge >= 0.3 is 12.2 Å².